The van der Waals surface area contributed by atoms with E-state index in [2.05, 4.69) is 0 Å². The zero-order chi connectivity index (χ0) is 13.6. The first-order chi connectivity index (χ1) is 9.05. The zero-order valence-corrected chi connectivity index (χ0v) is 13.2. The van der Waals surface area contributed by atoms with Gasteiger partial charge in [-0.2, -0.15) is 0 Å². The van der Waals surface area contributed by atoms with E-state index in [0.717, 1.165) is 36.3 Å². The fourth-order valence-corrected chi connectivity index (χ4v) is 7.10. The third-order valence-corrected chi connectivity index (χ3v) is 7.89. The predicted molar refractivity (Wildman–Crippen MR) is 82.9 cm³/mol. The highest BCUT2D eigenvalue weighted by Gasteiger charge is 2.43. The van der Waals surface area contributed by atoms with Crippen molar-refractivity contribution in [3.8, 4) is 0 Å². The fraction of sp³-hybridized carbons (Fsp3) is 0.571. The van der Waals surface area contributed by atoms with Crippen molar-refractivity contribution in [1.29, 1.82) is 0 Å². The summed E-state index contributed by atoms with van der Waals surface area (Å²) in [6.45, 7) is 2.00. The van der Waals surface area contributed by atoms with Gasteiger partial charge >= 0.3 is 0 Å². The Morgan fingerprint density at radius 3 is 2.63 bits per heavy atom. The lowest BCUT2D eigenvalue weighted by atomic mass is 9.85. The second kappa shape index (κ2) is 5.15. The maximum Gasteiger partial charge on any atom is 0.178 e. The molecule has 1 aliphatic heterocycles. The van der Waals surface area contributed by atoms with E-state index in [4.69, 9.17) is 11.6 Å². The summed E-state index contributed by atoms with van der Waals surface area (Å²) in [6.07, 6.45) is 1.86. The van der Waals surface area contributed by atoms with Gasteiger partial charge in [-0.05, 0) is 48.9 Å². The summed E-state index contributed by atoms with van der Waals surface area (Å²) in [6, 6.07) is 1.73. The maximum atomic E-state index is 9.55. The van der Waals surface area contributed by atoms with E-state index in [1.807, 2.05) is 30.4 Å². The van der Waals surface area contributed by atoms with Crippen LogP contribution in [0.2, 0.25) is 5.02 Å². The molecule has 0 atom stereocenters. The molecule has 1 saturated heterocycles. The molecule has 0 aromatic heterocycles. The molecule has 1 aliphatic carbocycles. The van der Waals surface area contributed by atoms with Crippen LogP contribution >= 0.6 is 35.1 Å². The van der Waals surface area contributed by atoms with Crippen LogP contribution in [0.25, 0.3) is 0 Å². The van der Waals surface area contributed by atoms with Crippen molar-refractivity contribution >= 4 is 35.1 Å². The Kier molecular flexibility index (Phi) is 3.82. The summed E-state index contributed by atoms with van der Waals surface area (Å²) in [5.74, 6) is 2.32. The molecule has 1 fully saturated rings. The molecule has 1 aromatic carbocycles. The largest absolute Gasteiger partial charge is 0.364 e. The smallest absolute Gasteiger partial charge is 0.178 e. The van der Waals surface area contributed by atoms with Crippen LogP contribution in [0.15, 0.2) is 6.07 Å². The number of halogens is 1. The lowest BCUT2D eigenvalue weighted by Gasteiger charge is -2.37. The first kappa shape index (κ1) is 14.1. The number of fused-ring (bicyclic) bond motifs is 2. The van der Waals surface area contributed by atoms with Gasteiger partial charge in [0.1, 0.15) is 0 Å². The van der Waals surface area contributed by atoms with Crippen molar-refractivity contribution in [2.45, 2.75) is 36.6 Å². The molecule has 0 bridgehead atoms. The molecule has 1 aromatic rings. The molecule has 1 heterocycles. The third-order valence-electron chi connectivity index (χ3n) is 4.03. The number of aliphatic hydroxyl groups excluding tert-OH is 1. The van der Waals surface area contributed by atoms with Gasteiger partial charge in [-0.1, -0.05) is 11.6 Å². The van der Waals surface area contributed by atoms with Crippen molar-refractivity contribution < 1.29 is 10.2 Å². The second-order valence-corrected chi connectivity index (χ2v) is 8.56. The molecule has 2 nitrogen and oxygen atoms in total. The summed E-state index contributed by atoms with van der Waals surface area (Å²) >= 11 is 10.4. The van der Waals surface area contributed by atoms with Gasteiger partial charge in [-0.15, -0.1) is 23.5 Å². The van der Waals surface area contributed by atoms with Crippen LogP contribution in [0.5, 0.6) is 0 Å². The minimum absolute atomic E-state index is 0.0895. The molecular formula is C14H17ClO2S2. The molecule has 0 saturated carbocycles. The van der Waals surface area contributed by atoms with Gasteiger partial charge < -0.3 is 10.2 Å². The predicted octanol–water partition coefficient (Wildman–Crippen LogP) is 3.60. The summed E-state index contributed by atoms with van der Waals surface area (Å²) < 4.78 is 0.0895. The van der Waals surface area contributed by atoms with Gasteiger partial charge in [0.05, 0.1) is 4.08 Å². The fourth-order valence-electron chi connectivity index (χ4n) is 3.22. The Hall–Kier alpha value is 0.130. The van der Waals surface area contributed by atoms with Crippen molar-refractivity contribution in [2.75, 3.05) is 11.5 Å². The van der Waals surface area contributed by atoms with E-state index in [1.165, 1.54) is 11.1 Å². The van der Waals surface area contributed by atoms with Crippen LogP contribution in [0, 0.1) is 6.92 Å². The number of thioether (sulfide) groups is 2. The van der Waals surface area contributed by atoms with Crippen molar-refractivity contribution in [3.63, 3.8) is 0 Å². The lowest BCUT2D eigenvalue weighted by Crippen LogP contribution is -2.24. The van der Waals surface area contributed by atoms with E-state index >= 15 is 0 Å². The SMILES string of the molecule is Cc1c(C(O)O)cc(Cl)c2c1C1(CCC2)SCCS1. The molecule has 0 unspecified atom stereocenters. The second-order valence-electron chi connectivity index (χ2n) is 5.10. The minimum Gasteiger partial charge on any atom is -0.364 e. The van der Waals surface area contributed by atoms with Gasteiger partial charge in [0.25, 0.3) is 0 Å². The number of hydrogen-bond acceptors (Lipinski definition) is 4. The molecule has 5 heteroatoms. The van der Waals surface area contributed by atoms with Crippen LogP contribution in [0.4, 0.5) is 0 Å². The number of aliphatic hydroxyl groups is 2. The van der Waals surface area contributed by atoms with E-state index in [0.29, 0.717) is 10.6 Å². The molecule has 1 spiro atoms. The van der Waals surface area contributed by atoms with E-state index in [-0.39, 0.29) is 4.08 Å². The molecule has 2 aliphatic rings. The van der Waals surface area contributed by atoms with Crippen molar-refractivity contribution in [2.24, 2.45) is 0 Å². The van der Waals surface area contributed by atoms with Crippen LogP contribution in [-0.2, 0) is 10.5 Å². The molecule has 19 heavy (non-hydrogen) atoms. The normalized spacial score (nSPS) is 21.1. The summed E-state index contributed by atoms with van der Waals surface area (Å²) in [5.41, 5.74) is 4.05. The Bertz CT molecular complexity index is 511. The first-order valence-electron chi connectivity index (χ1n) is 6.51. The zero-order valence-electron chi connectivity index (χ0n) is 10.8. The maximum absolute atomic E-state index is 9.55. The average Bonchev–Trinajstić information content (AvgIpc) is 2.82. The summed E-state index contributed by atoms with van der Waals surface area (Å²) in [7, 11) is 0. The van der Waals surface area contributed by atoms with Crippen LogP contribution < -0.4 is 0 Å². The molecular weight excluding hydrogens is 300 g/mol. The topological polar surface area (TPSA) is 40.5 Å². The Morgan fingerprint density at radius 1 is 1.32 bits per heavy atom. The standard InChI is InChI=1S/C14H17ClO2S2/c1-8-10(13(16)17)7-11(15)9-3-2-4-14(12(8)9)18-5-6-19-14/h7,13,16-17H,2-6H2,1H3. The lowest BCUT2D eigenvalue weighted by molar-refractivity contribution is -0.0430. The number of hydrogen-bond donors (Lipinski definition) is 2. The molecule has 0 radical (unpaired) electrons. The van der Waals surface area contributed by atoms with Gasteiger partial charge in [0.2, 0.25) is 0 Å². The van der Waals surface area contributed by atoms with E-state index in [1.54, 1.807) is 6.07 Å². The quantitative estimate of drug-likeness (QED) is 0.777. The van der Waals surface area contributed by atoms with Gasteiger partial charge in [-0.25, -0.2) is 0 Å². The number of benzene rings is 1. The summed E-state index contributed by atoms with van der Waals surface area (Å²) in [5, 5.41) is 19.8. The average molecular weight is 317 g/mol. The number of rotatable bonds is 1. The van der Waals surface area contributed by atoms with Gasteiger partial charge in [-0.3, -0.25) is 0 Å². The van der Waals surface area contributed by atoms with E-state index < -0.39 is 6.29 Å². The molecule has 2 N–H and O–H groups in total. The molecule has 104 valence electrons. The Balaban J connectivity index is 2.24. The van der Waals surface area contributed by atoms with Crippen LogP contribution in [-0.4, -0.2) is 21.7 Å². The Morgan fingerprint density at radius 2 is 2.00 bits per heavy atom. The van der Waals surface area contributed by atoms with Crippen molar-refractivity contribution in [1.82, 2.24) is 0 Å². The first-order valence-corrected chi connectivity index (χ1v) is 8.86. The van der Waals surface area contributed by atoms with Crippen LogP contribution in [0.1, 0.15) is 41.4 Å². The van der Waals surface area contributed by atoms with Crippen LogP contribution in [0.3, 0.4) is 0 Å². The van der Waals surface area contributed by atoms with E-state index in [9.17, 15) is 10.2 Å². The monoisotopic (exact) mass is 316 g/mol. The Labute approximate surface area is 126 Å². The van der Waals surface area contributed by atoms with Gasteiger partial charge in [0.15, 0.2) is 6.29 Å². The molecule has 3 rings (SSSR count). The molecule has 0 amide bonds. The third kappa shape index (κ3) is 2.22. The highest BCUT2D eigenvalue weighted by molar-refractivity contribution is 8.20. The highest BCUT2D eigenvalue weighted by Crippen LogP contribution is 2.59. The van der Waals surface area contributed by atoms with Crippen molar-refractivity contribution in [3.05, 3.63) is 33.3 Å². The van der Waals surface area contributed by atoms with Gasteiger partial charge in [0, 0.05) is 22.1 Å². The summed E-state index contributed by atoms with van der Waals surface area (Å²) in [4.78, 5) is 0. The minimum atomic E-state index is -1.45. The highest BCUT2D eigenvalue weighted by atomic mass is 35.5.